The summed E-state index contributed by atoms with van der Waals surface area (Å²) < 4.78 is 47.2. The lowest BCUT2D eigenvalue weighted by Crippen LogP contribution is -2.18. The lowest BCUT2D eigenvalue weighted by atomic mass is 9.98. The van der Waals surface area contributed by atoms with Gasteiger partial charge in [0.05, 0.1) is 22.7 Å². The highest BCUT2D eigenvalue weighted by molar-refractivity contribution is 6.29. The van der Waals surface area contributed by atoms with Crippen LogP contribution in [0.2, 0.25) is 5.15 Å². The third kappa shape index (κ3) is 5.26. The molecule has 0 radical (unpaired) electrons. The van der Waals surface area contributed by atoms with E-state index in [9.17, 15) is 27.9 Å². The van der Waals surface area contributed by atoms with Gasteiger partial charge in [0.2, 0.25) is 0 Å². The Kier molecular flexibility index (Phi) is 7.55. The second kappa shape index (κ2) is 10.3. The van der Waals surface area contributed by atoms with Crippen LogP contribution in [-0.2, 0) is 6.18 Å². The Bertz CT molecular complexity index is 1520. The maximum absolute atomic E-state index is 13.7. The molecule has 2 heterocycles. The molecule has 3 rings (SSSR count). The van der Waals surface area contributed by atoms with Crippen molar-refractivity contribution in [2.75, 3.05) is 12.4 Å². The van der Waals surface area contributed by atoms with Crippen LogP contribution < -0.4 is 10.7 Å². The maximum atomic E-state index is 13.7. The molecule has 0 spiro atoms. The van der Waals surface area contributed by atoms with Crippen molar-refractivity contribution in [3.63, 3.8) is 0 Å². The number of carboxylic acids is 1. The van der Waals surface area contributed by atoms with Gasteiger partial charge in [0, 0.05) is 18.2 Å². The molecule has 2 N–H and O–H groups in total. The van der Waals surface area contributed by atoms with Gasteiger partial charge in [-0.2, -0.15) is 13.2 Å². The van der Waals surface area contributed by atoms with Crippen LogP contribution in [0.25, 0.3) is 11.0 Å². The van der Waals surface area contributed by atoms with Gasteiger partial charge in [0.1, 0.15) is 16.4 Å². The largest absolute Gasteiger partial charge is 0.476 e. The zero-order chi connectivity index (χ0) is 26.8. The quantitative estimate of drug-likeness (QED) is 0.249. The number of terminal acetylenes is 1. The molecule has 1 unspecified atom stereocenters. The number of hydrogen-bond acceptors (Lipinski definition) is 6. The third-order valence-electron chi connectivity index (χ3n) is 5.29. The Morgan fingerprint density at radius 2 is 2.06 bits per heavy atom. The summed E-state index contributed by atoms with van der Waals surface area (Å²) in [5, 5.41) is 11.9. The van der Waals surface area contributed by atoms with E-state index in [1.54, 1.807) is 0 Å². The molecule has 2 aromatic heterocycles. The van der Waals surface area contributed by atoms with Crippen LogP contribution in [0.5, 0.6) is 0 Å². The molecular weight excluding hydrogens is 499 g/mol. The number of carboxylic acid groups (broad SMARTS) is 1. The van der Waals surface area contributed by atoms with E-state index in [2.05, 4.69) is 21.2 Å². The summed E-state index contributed by atoms with van der Waals surface area (Å²) in [5.74, 6) is 0.936. The molecule has 1 atom stereocenters. The van der Waals surface area contributed by atoms with Crippen LogP contribution in [0.4, 0.5) is 18.9 Å². The highest BCUT2D eigenvalue weighted by Crippen LogP contribution is 2.36. The van der Waals surface area contributed by atoms with E-state index in [0.717, 1.165) is 12.1 Å². The Morgan fingerprint density at radius 3 is 2.64 bits per heavy atom. The number of aromatic nitrogens is 1. The molecular formula is C25H19ClF3N3O4. The molecule has 11 heteroatoms. The van der Waals surface area contributed by atoms with Gasteiger partial charge in [-0.1, -0.05) is 17.5 Å². The van der Waals surface area contributed by atoms with Gasteiger partial charge in [0.15, 0.2) is 16.9 Å². The standard InChI is InChI=1S/C25H19ClF3N3O4/c1-5-6-7-18(30-4)22-12(2)21(33)16-11-14(25(27,28)29)10-15(23(16)36-22)13(3)31-17-8-9-19(26)32-20(17)24(34)35/h1,6-11,13,31H,2-4H3,(H,34,35)/b7-6-,30-18+. The second-order valence-electron chi connectivity index (χ2n) is 7.64. The van der Waals surface area contributed by atoms with Gasteiger partial charge in [0.25, 0.3) is 0 Å². The van der Waals surface area contributed by atoms with Crippen molar-refractivity contribution in [3.05, 3.63) is 79.9 Å². The molecule has 36 heavy (non-hydrogen) atoms. The minimum atomic E-state index is -4.76. The van der Waals surface area contributed by atoms with E-state index in [1.807, 2.05) is 0 Å². The van der Waals surface area contributed by atoms with Gasteiger partial charge in [-0.3, -0.25) is 9.79 Å². The van der Waals surface area contributed by atoms with Gasteiger partial charge >= 0.3 is 12.1 Å². The molecule has 0 saturated carbocycles. The van der Waals surface area contributed by atoms with E-state index in [-0.39, 0.29) is 44.4 Å². The molecule has 3 aromatic rings. The average Bonchev–Trinajstić information content (AvgIpc) is 2.82. The number of alkyl halides is 3. The molecule has 0 amide bonds. The van der Waals surface area contributed by atoms with Crippen LogP contribution in [0, 0.1) is 19.3 Å². The summed E-state index contributed by atoms with van der Waals surface area (Å²) in [6.07, 6.45) is 3.26. The Labute approximate surface area is 208 Å². The Balaban J connectivity index is 2.31. The number of nitrogens with zero attached hydrogens (tertiary/aromatic N) is 2. The lowest BCUT2D eigenvalue weighted by Gasteiger charge is -2.20. The number of anilines is 1. The zero-order valence-electron chi connectivity index (χ0n) is 19.2. The van der Waals surface area contributed by atoms with E-state index in [4.69, 9.17) is 22.4 Å². The van der Waals surface area contributed by atoms with Gasteiger partial charge in [-0.15, -0.1) is 6.42 Å². The Hall–Kier alpha value is -4.10. The molecule has 0 saturated heterocycles. The number of halogens is 4. The summed E-state index contributed by atoms with van der Waals surface area (Å²) in [4.78, 5) is 32.6. The van der Waals surface area contributed by atoms with E-state index >= 15 is 0 Å². The van der Waals surface area contributed by atoms with Crippen molar-refractivity contribution in [1.29, 1.82) is 0 Å². The fourth-order valence-electron chi connectivity index (χ4n) is 3.55. The third-order valence-corrected chi connectivity index (χ3v) is 5.50. The zero-order valence-corrected chi connectivity index (χ0v) is 20.0. The first kappa shape index (κ1) is 26.5. The van der Waals surface area contributed by atoms with E-state index < -0.39 is 34.9 Å². The number of rotatable bonds is 6. The number of pyridine rings is 1. The lowest BCUT2D eigenvalue weighted by molar-refractivity contribution is -0.137. The van der Waals surface area contributed by atoms with Crippen molar-refractivity contribution < 1.29 is 27.5 Å². The van der Waals surface area contributed by atoms with Crippen LogP contribution in [0.1, 0.15) is 45.9 Å². The normalized spacial score (nSPS) is 13.1. The minimum absolute atomic E-state index is 0.00686. The molecule has 0 bridgehead atoms. The van der Waals surface area contributed by atoms with Crippen molar-refractivity contribution in [2.24, 2.45) is 4.99 Å². The van der Waals surface area contributed by atoms with Gasteiger partial charge in [-0.05, 0) is 50.3 Å². The van der Waals surface area contributed by atoms with Crippen LogP contribution >= 0.6 is 11.6 Å². The summed E-state index contributed by atoms with van der Waals surface area (Å²) >= 11 is 5.79. The first-order valence-corrected chi connectivity index (χ1v) is 10.7. The van der Waals surface area contributed by atoms with Gasteiger partial charge < -0.3 is 14.8 Å². The maximum Gasteiger partial charge on any atom is 0.416 e. The first-order valence-electron chi connectivity index (χ1n) is 10.3. The SMILES string of the molecule is C#C/C=C\C(=N/C)c1oc2c(C(C)Nc3ccc(Cl)nc3C(=O)O)cc(C(F)(F)F)cc2c(=O)c1C. The molecule has 7 nitrogen and oxygen atoms in total. The topological polar surface area (TPSA) is 105 Å². The number of allylic oxidation sites excluding steroid dienone is 2. The molecule has 0 aliphatic rings. The molecule has 0 aliphatic carbocycles. The van der Waals surface area contributed by atoms with Crippen molar-refractivity contribution in [3.8, 4) is 12.3 Å². The number of fused-ring (bicyclic) bond motifs is 1. The van der Waals surface area contributed by atoms with Crippen molar-refractivity contribution in [1.82, 2.24) is 4.98 Å². The monoisotopic (exact) mass is 517 g/mol. The molecule has 1 aromatic carbocycles. The second-order valence-corrected chi connectivity index (χ2v) is 8.02. The summed E-state index contributed by atoms with van der Waals surface area (Å²) in [5.41, 5.74) is -2.07. The highest BCUT2D eigenvalue weighted by atomic mass is 35.5. The van der Waals surface area contributed by atoms with Crippen LogP contribution in [0.15, 0.2) is 50.6 Å². The Morgan fingerprint density at radius 1 is 1.36 bits per heavy atom. The summed E-state index contributed by atoms with van der Waals surface area (Å²) in [7, 11) is 1.44. The molecule has 0 aliphatic heterocycles. The summed E-state index contributed by atoms with van der Waals surface area (Å²) in [6.45, 7) is 2.90. The van der Waals surface area contributed by atoms with Crippen molar-refractivity contribution in [2.45, 2.75) is 26.1 Å². The minimum Gasteiger partial charge on any atom is -0.476 e. The fourth-order valence-corrected chi connectivity index (χ4v) is 3.70. The number of nitrogens with one attached hydrogen (secondary N) is 1. The molecule has 0 fully saturated rings. The average molecular weight is 518 g/mol. The number of aromatic carboxylic acids is 1. The van der Waals surface area contributed by atoms with E-state index in [0.29, 0.717) is 0 Å². The predicted molar refractivity (Wildman–Crippen MR) is 131 cm³/mol. The molecule has 186 valence electrons. The predicted octanol–water partition coefficient (Wildman–Crippen LogP) is 5.65. The highest BCUT2D eigenvalue weighted by Gasteiger charge is 2.33. The van der Waals surface area contributed by atoms with Crippen LogP contribution in [-0.4, -0.2) is 28.8 Å². The van der Waals surface area contributed by atoms with Crippen molar-refractivity contribution >= 4 is 39.9 Å². The van der Waals surface area contributed by atoms with Gasteiger partial charge in [-0.25, -0.2) is 9.78 Å². The van der Waals surface area contributed by atoms with E-state index in [1.165, 1.54) is 45.2 Å². The smallest absolute Gasteiger partial charge is 0.416 e. The summed E-state index contributed by atoms with van der Waals surface area (Å²) in [6, 6.07) is 3.27. The number of benzene rings is 1. The fraction of sp³-hybridized carbons (Fsp3) is 0.200. The number of aliphatic imine (C=N–C) groups is 1. The van der Waals surface area contributed by atoms with Crippen LogP contribution in [0.3, 0.4) is 0 Å². The first-order chi connectivity index (χ1) is 16.9. The number of hydrogen-bond donors (Lipinski definition) is 2. The number of carbonyl (C=O) groups is 1.